The van der Waals surface area contributed by atoms with Crippen molar-refractivity contribution < 1.29 is 26.4 Å². The number of rotatable bonds is 5. The highest BCUT2D eigenvalue weighted by atomic mass is 32.2. The monoisotopic (exact) mass is 362 g/mol. The van der Waals surface area contributed by atoms with Crippen LogP contribution >= 0.6 is 0 Å². The highest BCUT2D eigenvalue weighted by Gasteiger charge is 2.30. The maximum Gasteiger partial charge on any atom is 0.402 e. The summed E-state index contributed by atoms with van der Waals surface area (Å²) >= 11 is 0. The first-order chi connectivity index (χ1) is 11.2. The number of hydrogen-bond acceptors (Lipinski definition) is 3. The van der Waals surface area contributed by atoms with E-state index in [9.17, 15) is 26.4 Å². The largest absolute Gasteiger partial charge is 0.402 e. The number of carbonyl (C=O) groups is 1. The first kappa shape index (κ1) is 18.5. The van der Waals surface area contributed by atoms with Crippen LogP contribution in [-0.2, 0) is 14.8 Å². The molecule has 0 radical (unpaired) electrons. The van der Waals surface area contributed by atoms with Gasteiger partial charge in [-0.2, -0.15) is 13.2 Å². The van der Waals surface area contributed by atoms with Gasteiger partial charge in [0, 0.05) is 11.6 Å². The average Bonchev–Trinajstić information content (AvgIpc) is 2.54. The number of allylic oxidation sites excluding steroid dienone is 2. The number of hydrogen-bond donors (Lipinski definition) is 2. The first-order valence-corrected chi connectivity index (χ1v) is 8.78. The predicted octanol–water partition coefficient (Wildman–Crippen LogP) is 2.82. The van der Waals surface area contributed by atoms with Gasteiger partial charge in [0.25, 0.3) is 0 Å². The van der Waals surface area contributed by atoms with E-state index >= 15 is 0 Å². The van der Waals surface area contributed by atoms with Gasteiger partial charge in [-0.25, -0.2) is 13.1 Å². The quantitative estimate of drug-likeness (QED) is 0.791. The number of carbonyl (C=O) groups excluding carboxylic acids is 1. The minimum absolute atomic E-state index is 0.133. The van der Waals surface area contributed by atoms with E-state index in [1.54, 1.807) is 0 Å². The molecule has 5 nitrogen and oxygen atoms in total. The molecule has 0 aromatic heterocycles. The maximum atomic E-state index is 12.1. The summed E-state index contributed by atoms with van der Waals surface area (Å²) in [5.74, 6) is -0.294. The van der Waals surface area contributed by atoms with Crippen LogP contribution < -0.4 is 10.0 Å². The Bertz CT molecular complexity index is 712. The zero-order valence-electron chi connectivity index (χ0n) is 12.6. The van der Waals surface area contributed by atoms with Crippen LogP contribution in [0.4, 0.5) is 18.9 Å². The lowest BCUT2D eigenvalue weighted by molar-refractivity contribution is -0.121. The van der Waals surface area contributed by atoms with Crippen LogP contribution in [-0.4, -0.2) is 27.0 Å². The van der Waals surface area contributed by atoms with E-state index in [-0.39, 0.29) is 16.7 Å². The summed E-state index contributed by atoms with van der Waals surface area (Å²) < 4.78 is 61.3. The summed E-state index contributed by atoms with van der Waals surface area (Å²) in [4.78, 5) is 11.8. The number of alkyl halides is 3. The molecule has 0 saturated heterocycles. The Hall–Kier alpha value is -1.87. The van der Waals surface area contributed by atoms with Crippen molar-refractivity contribution in [2.45, 2.75) is 30.3 Å². The highest BCUT2D eigenvalue weighted by Crippen LogP contribution is 2.21. The van der Waals surface area contributed by atoms with E-state index in [1.807, 2.05) is 12.2 Å². The van der Waals surface area contributed by atoms with E-state index in [2.05, 4.69) is 5.32 Å². The number of nitrogens with one attached hydrogen (secondary N) is 2. The molecule has 0 heterocycles. The fraction of sp³-hybridized carbons (Fsp3) is 0.400. The Balaban J connectivity index is 1.99. The molecule has 0 aliphatic heterocycles. The van der Waals surface area contributed by atoms with E-state index in [4.69, 9.17) is 0 Å². The van der Waals surface area contributed by atoms with Crippen LogP contribution in [0.15, 0.2) is 41.3 Å². The molecule has 2 N–H and O–H groups in total. The molecule has 9 heteroatoms. The van der Waals surface area contributed by atoms with Gasteiger partial charge in [0.05, 0.1) is 4.90 Å². The third kappa shape index (κ3) is 5.34. The SMILES string of the molecule is O=C(Nc1ccc(S(=O)(=O)NCC(F)(F)F)cc1)[C@@H]1CC=CCC1. The summed E-state index contributed by atoms with van der Waals surface area (Å²) in [6.45, 7) is -1.64. The molecule has 0 spiro atoms. The Morgan fingerprint density at radius 1 is 1.17 bits per heavy atom. The van der Waals surface area contributed by atoms with Crippen molar-refractivity contribution in [3.05, 3.63) is 36.4 Å². The molecule has 0 fully saturated rings. The fourth-order valence-electron chi connectivity index (χ4n) is 2.25. The molecule has 2 rings (SSSR count). The summed E-state index contributed by atoms with van der Waals surface area (Å²) in [5, 5.41) is 2.68. The van der Waals surface area contributed by atoms with Crippen molar-refractivity contribution in [2.24, 2.45) is 5.92 Å². The molecule has 1 aliphatic carbocycles. The summed E-state index contributed by atoms with van der Waals surface area (Å²) in [5.41, 5.74) is 0.393. The van der Waals surface area contributed by atoms with E-state index in [1.165, 1.54) is 16.9 Å². The normalized spacial score (nSPS) is 18.4. The predicted molar refractivity (Wildman–Crippen MR) is 82.8 cm³/mol. The van der Waals surface area contributed by atoms with Crippen molar-refractivity contribution in [3.8, 4) is 0 Å². The van der Waals surface area contributed by atoms with Crippen molar-refractivity contribution >= 4 is 21.6 Å². The Morgan fingerprint density at radius 2 is 1.83 bits per heavy atom. The molecular formula is C15H17F3N2O3S. The van der Waals surface area contributed by atoms with Crippen LogP contribution in [0.25, 0.3) is 0 Å². The lowest BCUT2D eigenvalue weighted by Gasteiger charge is -2.17. The molecule has 1 atom stereocenters. The van der Waals surface area contributed by atoms with Crippen LogP contribution in [0.2, 0.25) is 0 Å². The Kier molecular flexibility index (Phi) is 5.66. The maximum absolute atomic E-state index is 12.1. The van der Waals surface area contributed by atoms with Crippen LogP contribution in [0, 0.1) is 5.92 Å². The standard InChI is InChI=1S/C15H17F3N2O3S/c16-15(17,18)10-19-24(22,23)13-8-6-12(7-9-13)20-14(21)11-4-2-1-3-5-11/h1-2,6-9,11,19H,3-5,10H2,(H,20,21)/t11-/m1/s1. The molecule has 0 unspecified atom stereocenters. The number of halogens is 3. The second-order valence-corrected chi connectivity index (χ2v) is 7.20. The van der Waals surface area contributed by atoms with E-state index in [0.29, 0.717) is 12.1 Å². The molecule has 1 aromatic carbocycles. The van der Waals surface area contributed by atoms with Gasteiger partial charge in [-0.1, -0.05) is 12.2 Å². The average molecular weight is 362 g/mol. The fourth-order valence-corrected chi connectivity index (χ4v) is 3.27. The number of benzene rings is 1. The lowest BCUT2D eigenvalue weighted by Crippen LogP contribution is -2.33. The third-order valence-electron chi connectivity index (χ3n) is 3.53. The first-order valence-electron chi connectivity index (χ1n) is 7.30. The molecule has 1 aliphatic rings. The second kappa shape index (κ2) is 7.35. The van der Waals surface area contributed by atoms with Gasteiger partial charge in [-0.15, -0.1) is 0 Å². The smallest absolute Gasteiger partial charge is 0.326 e. The van der Waals surface area contributed by atoms with Gasteiger partial charge in [-0.05, 0) is 43.5 Å². The molecule has 24 heavy (non-hydrogen) atoms. The molecule has 0 saturated carbocycles. The van der Waals surface area contributed by atoms with Crippen LogP contribution in [0.3, 0.4) is 0 Å². The van der Waals surface area contributed by atoms with Crippen molar-refractivity contribution in [1.29, 1.82) is 0 Å². The Labute approximate surface area is 138 Å². The minimum atomic E-state index is -4.63. The number of sulfonamides is 1. The second-order valence-electron chi connectivity index (χ2n) is 5.43. The molecular weight excluding hydrogens is 345 g/mol. The van der Waals surface area contributed by atoms with Crippen LogP contribution in [0.5, 0.6) is 0 Å². The summed E-state index contributed by atoms with van der Waals surface area (Å²) in [6, 6.07) is 4.99. The van der Waals surface area contributed by atoms with Gasteiger partial charge < -0.3 is 5.32 Å². The minimum Gasteiger partial charge on any atom is -0.326 e. The Morgan fingerprint density at radius 3 is 2.38 bits per heavy atom. The number of amides is 1. The zero-order chi connectivity index (χ0) is 17.8. The van der Waals surface area contributed by atoms with Gasteiger partial charge in [-0.3, -0.25) is 4.79 Å². The van der Waals surface area contributed by atoms with Gasteiger partial charge in [0.2, 0.25) is 15.9 Å². The van der Waals surface area contributed by atoms with Crippen molar-refractivity contribution in [2.75, 3.05) is 11.9 Å². The van der Waals surface area contributed by atoms with E-state index < -0.39 is 22.7 Å². The highest BCUT2D eigenvalue weighted by molar-refractivity contribution is 7.89. The van der Waals surface area contributed by atoms with Gasteiger partial charge >= 0.3 is 6.18 Å². The van der Waals surface area contributed by atoms with Crippen molar-refractivity contribution in [1.82, 2.24) is 4.72 Å². The molecule has 1 aromatic rings. The molecule has 132 valence electrons. The van der Waals surface area contributed by atoms with Crippen LogP contribution in [0.1, 0.15) is 19.3 Å². The molecule has 1 amide bonds. The van der Waals surface area contributed by atoms with Gasteiger partial charge in [0.15, 0.2) is 0 Å². The van der Waals surface area contributed by atoms with E-state index in [0.717, 1.165) is 25.0 Å². The van der Waals surface area contributed by atoms with Crippen molar-refractivity contribution in [3.63, 3.8) is 0 Å². The third-order valence-corrected chi connectivity index (χ3v) is 4.95. The topological polar surface area (TPSA) is 75.3 Å². The number of anilines is 1. The zero-order valence-corrected chi connectivity index (χ0v) is 13.5. The summed E-state index contributed by atoms with van der Waals surface area (Å²) in [6.07, 6.45) is 1.55. The summed E-state index contributed by atoms with van der Waals surface area (Å²) in [7, 11) is -4.25. The van der Waals surface area contributed by atoms with Gasteiger partial charge in [0.1, 0.15) is 6.54 Å². The lowest BCUT2D eigenvalue weighted by atomic mass is 9.93. The molecule has 0 bridgehead atoms.